The molecule has 0 saturated heterocycles. The Morgan fingerprint density at radius 1 is 1.12 bits per heavy atom. The topological polar surface area (TPSA) is 66.4 Å². The van der Waals surface area contributed by atoms with Crippen LogP contribution in [0.3, 0.4) is 0 Å². The second-order valence-corrected chi connectivity index (χ2v) is 6.19. The third-order valence-corrected chi connectivity index (χ3v) is 4.31. The molecule has 0 radical (unpaired) electrons. The van der Waals surface area contributed by atoms with Crippen LogP contribution in [0.2, 0.25) is 0 Å². The maximum absolute atomic E-state index is 12.4. The molecule has 0 aliphatic heterocycles. The fraction of sp³-hybridized carbons (Fsp3) is 0.250. The van der Waals surface area contributed by atoms with Crippen molar-refractivity contribution in [3.63, 3.8) is 0 Å². The molecule has 0 spiro atoms. The summed E-state index contributed by atoms with van der Waals surface area (Å²) in [6, 6.07) is 9.16. The van der Waals surface area contributed by atoms with Gasteiger partial charge in [0.25, 0.3) is 5.91 Å². The monoisotopic (exact) mass is 357 g/mol. The van der Waals surface area contributed by atoms with Gasteiger partial charge in [0.1, 0.15) is 4.88 Å². The molecule has 24 heavy (non-hydrogen) atoms. The Balaban J connectivity index is 2.02. The second kappa shape index (κ2) is 7.48. The quantitative estimate of drug-likeness (QED) is 0.825. The SMILES string of the molecule is O=C(O)c1ccc(CNC(=O)c2ccccc2CCC(F)(F)F)s1. The van der Waals surface area contributed by atoms with Crippen LogP contribution in [-0.4, -0.2) is 23.2 Å². The van der Waals surface area contributed by atoms with Gasteiger partial charge in [-0.05, 0) is 30.2 Å². The number of hydrogen-bond donors (Lipinski definition) is 2. The van der Waals surface area contributed by atoms with E-state index in [0.717, 1.165) is 11.3 Å². The van der Waals surface area contributed by atoms with Gasteiger partial charge in [-0.25, -0.2) is 4.79 Å². The van der Waals surface area contributed by atoms with Crippen LogP contribution in [0, 0.1) is 0 Å². The zero-order valence-corrected chi connectivity index (χ0v) is 13.2. The van der Waals surface area contributed by atoms with E-state index < -0.39 is 24.5 Å². The van der Waals surface area contributed by atoms with Crippen molar-refractivity contribution in [2.75, 3.05) is 0 Å². The molecule has 1 aromatic carbocycles. The number of aromatic carboxylic acids is 1. The van der Waals surface area contributed by atoms with Crippen LogP contribution >= 0.6 is 11.3 Å². The first-order chi connectivity index (χ1) is 11.3. The summed E-state index contributed by atoms with van der Waals surface area (Å²) in [6.45, 7) is 0.115. The van der Waals surface area contributed by atoms with E-state index in [1.165, 1.54) is 18.2 Å². The lowest BCUT2D eigenvalue weighted by Gasteiger charge is -2.11. The minimum atomic E-state index is -4.28. The van der Waals surface area contributed by atoms with E-state index in [2.05, 4.69) is 5.32 Å². The number of halogens is 3. The lowest BCUT2D eigenvalue weighted by Crippen LogP contribution is -2.24. The van der Waals surface area contributed by atoms with Gasteiger partial charge in [0.05, 0.1) is 6.54 Å². The van der Waals surface area contributed by atoms with Crippen molar-refractivity contribution < 1.29 is 27.9 Å². The van der Waals surface area contributed by atoms with Crippen LogP contribution < -0.4 is 5.32 Å². The van der Waals surface area contributed by atoms with Gasteiger partial charge in [-0.2, -0.15) is 13.2 Å². The smallest absolute Gasteiger partial charge is 0.389 e. The van der Waals surface area contributed by atoms with E-state index in [-0.39, 0.29) is 23.4 Å². The molecule has 128 valence electrons. The third-order valence-electron chi connectivity index (χ3n) is 3.24. The average Bonchev–Trinajstić information content (AvgIpc) is 2.99. The first-order valence-corrected chi connectivity index (χ1v) is 7.83. The summed E-state index contributed by atoms with van der Waals surface area (Å²) in [6.07, 6.45) is -5.55. The molecule has 2 aromatic rings. The molecule has 4 nitrogen and oxygen atoms in total. The Hall–Kier alpha value is -2.35. The van der Waals surface area contributed by atoms with E-state index >= 15 is 0 Å². The number of thiophene rings is 1. The number of hydrogen-bond acceptors (Lipinski definition) is 3. The highest BCUT2D eigenvalue weighted by atomic mass is 32.1. The molecule has 0 aliphatic rings. The van der Waals surface area contributed by atoms with E-state index in [0.29, 0.717) is 10.4 Å². The number of carboxylic acids is 1. The highest BCUT2D eigenvalue weighted by molar-refractivity contribution is 7.13. The van der Waals surface area contributed by atoms with Gasteiger partial charge in [0.15, 0.2) is 0 Å². The molecule has 8 heteroatoms. The van der Waals surface area contributed by atoms with Gasteiger partial charge in [-0.3, -0.25) is 4.79 Å². The van der Waals surface area contributed by atoms with Gasteiger partial charge in [0, 0.05) is 16.9 Å². The van der Waals surface area contributed by atoms with Crippen molar-refractivity contribution in [3.05, 3.63) is 57.3 Å². The average molecular weight is 357 g/mol. The number of aryl methyl sites for hydroxylation is 1. The minimum Gasteiger partial charge on any atom is -0.477 e. The van der Waals surface area contributed by atoms with Gasteiger partial charge in [0.2, 0.25) is 0 Å². The molecular formula is C16H14F3NO3S. The number of amides is 1. The van der Waals surface area contributed by atoms with E-state index in [1.54, 1.807) is 18.2 Å². The number of carboxylic acid groups (broad SMARTS) is 1. The Bertz CT molecular complexity index is 740. The molecule has 2 rings (SSSR count). The van der Waals surface area contributed by atoms with E-state index in [9.17, 15) is 22.8 Å². The summed E-state index contributed by atoms with van der Waals surface area (Å²) in [5.74, 6) is -1.53. The molecular weight excluding hydrogens is 343 g/mol. The summed E-state index contributed by atoms with van der Waals surface area (Å²) in [7, 11) is 0. The fourth-order valence-electron chi connectivity index (χ4n) is 2.09. The first kappa shape index (κ1) is 18.0. The van der Waals surface area contributed by atoms with Crippen LogP contribution in [-0.2, 0) is 13.0 Å². The molecule has 0 fully saturated rings. The van der Waals surface area contributed by atoms with Crippen LogP contribution in [0.25, 0.3) is 0 Å². The Labute approximate surface area is 139 Å². The molecule has 2 N–H and O–H groups in total. The maximum Gasteiger partial charge on any atom is 0.389 e. The highest BCUT2D eigenvalue weighted by Crippen LogP contribution is 2.23. The standard InChI is InChI=1S/C16H14F3NO3S/c17-16(18,19)8-7-10-3-1-2-4-12(10)14(21)20-9-11-5-6-13(24-11)15(22)23/h1-6H,7-9H2,(H,20,21)(H,22,23). The van der Waals surface area contributed by atoms with Gasteiger partial charge < -0.3 is 10.4 Å². The molecule has 0 bridgehead atoms. The van der Waals surface area contributed by atoms with Gasteiger partial charge >= 0.3 is 12.1 Å². The predicted octanol–water partition coefficient (Wildman–Crippen LogP) is 3.87. The molecule has 0 unspecified atom stereocenters. The number of carbonyl (C=O) groups is 2. The second-order valence-electron chi connectivity index (χ2n) is 5.03. The van der Waals surface area contributed by atoms with E-state index in [4.69, 9.17) is 5.11 Å². The number of rotatable bonds is 6. The first-order valence-electron chi connectivity index (χ1n) is 7.01. The summed E-state index contributed by atoms with van der Waals surface area (Å²) in [5, 5.41) is 11.4. The fourth-order valence-corrected chi connectivity index (χ4v) is 2.87. The van der Waals surface area contributed by atoms with Crippen molar-refractivity contribution in [1.29, 1.82) is 0 Å². The van der Waals surface area contributed by atoms with Crippen LogP contribution in [0.5, 0.6) is 0 Å². The van der Waals surface area contributed by atoms with E-state index in [1.807, 2.05) is 0 Å². The molecule has 0 saturated carbocycles. The molecule has 0 atom stereocenters. The Morgan fingerprint density at radius 2 is 1.83 bits per heavy atom. The number of nitrogens with one attached hydrogen (secondary N) is 1. The predicted molar refractivity (Wildman–Crippen MR) is 83.3 cm³/mol. The van der Waals surface area contributed by atoms with Gasteiger partial charge in [-0.15, -0.1) is 11.3 Å². The lowest BCUT2D eigenvalue weighted by molar-refractivity contribution is -0.134. The van der Waals surface area contributed by atoms with Crippen molar-refractivity contribution >= 4 is 23.2 Å². The summed E-state index contributed by atoms with van der Waals surface area (Å²) < 4.78 is 37.1. The summed E-state index contributed by atoms with van der Waals surface area (Å²) in [4.78, 5) is 23.8. The van der Waals surface area contributed by atoms with Crippen LogP contribution in [0.1, 0.15) is 36.9 Å². The van der Waals surface area contributed by atoms with Crippen molar-refractivity contribution in [1.82, 2.24) is 5.32 Å². The maximum atomic E-state index is 12.4. The molecule has 1 amide bonds. The largest absolute Gasteiger partial charge is 0.477 e. The Kier molecular flexibility index (Phi) is 5.61. The minimum absolute atomic E-state index is 0.115. The third kappa shape index (κ3) is 5.09. The van der Waals surface area contributed by atoms with Crippen LogP contribution in [0.15, 0.2) is 36.4 Å². The lowest BCUT2D eigenvalue weighted by atomic mass is 10.0. The normalized spacial score (nSPS) is 11.3. The van der Waals surface area contributed by atoms with Crippen LogP contribution in [0.4, 0.5) is 13.2 Å². The number of carbonyl (C=O) groups excluding carboxylic acids is 1. The summed E-state index contributed by atoms with van der Waals surface area (Å²) >= 11 is 1.03. The summed E-state index contributed by atoms with van der Waals surface area (Å²) in [5.41, 5.74) is 0.515. The number of alkyl halides is 3. The Morgan fingerprint density at radius 3 is 2.46 bits per heavy atom. The zero-order valence-electron chi connectivity index (χ0n) is 12.4. The number of benzene rings is 1. The van der Waals surface area contributed by atoms with Crippen molar-refractivity contribution in [2.24, 2.45) is 0 Å². The molecule has 1 heterocycles. The van der Waals surface area contributed by atoms with Crippen molar-refractivity contribution in [2.45, 2.75) is 25.6 Å². The molecule has 1 aromatic heterocycles. The highest BCUT2D eigenvalue weighted by Gasteiger charge is 2.27. The zero-order chi connectivity index (χ0) is 17.7. The van der Waals surface area contributed by atoms with Gasteiger partial charge in [-0.1, -0.05) is 18.2 Å². The molecule has 0 aliphatic carbocycles. The van der Waals surface area contributed by atoms with Crippen molar-refractivity contribution in [3.8, 4) is 0 Å².